The van der Waals surface area contributed by atoms with E-state index in [-0.39, 0.29) is 5.76 Å². The Morgan fingerprint density at radius 1 is 0.889 bits per heavy atom. The first-order chi connectivity index (χ1) is 17.4. The van der Waals surface area contributed by atoms with E-state index in [1.165, 1.54) is 28.3 Å². The first kappa shape index (κ1) is 26.7. The van der Waals surface area contributed by atoms with E-state index in [2.05, 4.69) is 5.32 Å². The monoisotopic (exact) mass is 513 g/mol. The minimum absolute atomic E-state index is 0.251. The van der Waals surface area contributed by atoms with Crippen molar-refractivity contribution in [3.8, 4) is 17.2 Å². The van der Waals surface area contributed by atoms with Crippen LogP contribution in [0.2, 0.25) is 0 Å². The van der Waals surface area contributed by atoms with Gasteiger partial charge >= 0.3 is 0 Å². The van der Waals surface area contributed by atoms with Gasteiger partial charge in [0.05, 0.1) is 34.0 Å². The summed E-state index contributed by atoms with van der Waals surface area (Å²) < 4.78 is 47.2. The molecule has 0 radical (unpaired) electrons. The van der Waals surface area contributed by atoms with Crippen LogP contribution >= 0.6 is 0 Å². The van der Waals surface area contributed by atoms with Gasteiger partial charge in [0.25, 0.3) is 5.69 Å². The normalized spacial score (nSPS) is 13.2. The number of pyridine rings is 1. The highest BCUT2D eigenvalue weighted by Crippen LogP contribution is 2.39. The molecule has 2 N–H and O–H groups in total. The number of nitrogens with zero attached hydrogens (tertiary/aromatic N) is 1. The number of nitrogens with one attached hydrogen (secondary N) is 1. The molecule has 36 heavy (non-hydrogen) atoms. The molecule has 0 bridgehead atoms. The van der Waals surface area contributed by atoms with Gasteiger partial charge in [0.2, 0.25) is 5.91 Å². The minimum atomic E-state index is -2.47. The molecule has 0 aliphatic heterocycles. The van der Waals surface area contributed by atoms with Crippen LogP contribution in [0.3, 0.4) is 0 Å². The highest BCUT2D eigenvalue weighted by Gasteiger charge is 2.30. The lowest BCUT2D eigenvalue weighted by Gasteiger charge is -2.22. The molecule has 0 aliphatic rings. The Morgan fingerprint density at radius 3 is 2.06 bits per heavy atom. The summed E-state index contributed by atoms with van der Waals surface area (Å²) in [6, 6.07) is 16.1. The van der Waals surface area contributed by atoms with Gasteiger partial charge in [0.1, 0.15) is 5.75 Å². The predicted molar refractivity (Wildman–Crippen MR) is 136 cm³/mol. The molecule has 1 heterocycles. The lowest BCUT2D eigenvalue weighted by Crippen LogP contribution is -2.33. The van der Waals surface area contributed by atoms with E-state index in [0.29, 0.717) is 39.6 Å². The summed E-state index contributed by atoms with van der Waals surface area (Å²) >= 11 is -2.47. The molecule has 0 saturated heterocycles. The van der Waals surface area contributed by atoms with Gasteiger partial charge in [0.15, 0.2) is 46.1 Å². The summed E-state index contributed by atoms with van der Waals surface area (Å²) in [6.07, 6.45) is 3.63. The molecule has 1 aromatic heterocycles. The molecule has 2 aromatic carbocycles. The van der Waals surface area contributed by atoms with Crippen LogP contribution in [0, 0.1) is 0 Å². The van der Waals surface area contributed by atoms with Gasteiger partial charge in [-0.25, -0.2) is 4.21 Å². The van der Waals surface area contributed by atoms with Crippen molar-refractivity contribution in [1.29, 1.82) is 0 Å². The molecule has 3 rings (SSSR count). The minimum Gasteiger partial charge on any atom is -0.496 e. The molecular weight excluding hydrogens is 484 g/mol. The maximum atomic E-state index is 12.5. The van der Waals surface area contributed by atoms with Crippen LogP contribution in [0.15, 0.2) is 67.0 Å². The van der Waals surface area contributed by atoms with E-state index < -0.39 is 22.4 Å². The van der Waals surface area contributed by atoms with Crippen molar-refractivity contribution in [1.82, 2.24) is 5.32 Å². The molecule has 10 heteroatoms. The maximum absolute atomic E-state index is 12.5. The van der Waals surface area contributed by atoms with Gasteiger partial charge in [0, 0.05) is 36.2 Å². The fraction of sp³-hybridized carbons (Fsp3) is 0.231. The quantitative estimate of drug-likeness (QED) is 0.185. The molecule has 2 unspecified atom stereocenters. The summed E-state index contributed by atoms with van der Waals surface area (Å²) in [5.41, 5.74) is 1.90. The molecule has 0 fully saturated rings. The molecular formula is C26H29N2O7S+. The largest absolute Gasteiger partial charge is 0.496 e. The average molecular weight is 514 g/mol. The number of rotatable bonds is 10. The van der Waals surface area contributed by atoms with Gasteiger partial charge in [-0.3, -0.25) is 4.79 Å². The maximum Gasteiger partial charge on any atom is 0.253 e. The fourth-order valence-corrected chi connectivity index (χ4v) is 4.51. The van der Waals surface area contributed by atoms with Crippen molar-refractivity contribution in [3.05, 3.63) is 83.7 Å². The van der Waals surface area contributed by atoms with Gasteiger partial charge in [-0.05, 0) is 18.2 Å². The lowest BCUT2D eigenvalue weighted by atomic mass is 10.00. The van der Waals surface area contributed by atoms with Crippen molar-refractivity contribution in [3.63, 3.8) is 0 Å². The van der Waals surface area contributed by atoms with Gasteiger partial charge < -0.3 is 28.8 Å². The molecule has 0 saturated carbocycles. The Labute approximate surface area is 212 Å². The van der Waals surface area contributed by atoms with E-state index in [9.17, 15) is 13.6 Å². The lowest BCUT2D eigenvalue weighted by molar-refractivity contribution is -0.596. The second-order valence-electron chi connectivity index (χ2n) is 7.52. The second kappa shape index (κ2) is 12.2. The summed E-state index contributed by atoms with van der Waals surface area (Å²) in [4.78, 5) is 12.0. The number of hydrogen-bond acceptors (Lipinski definition) is 6. The Kier molecular flexibility index (Phi) is 9.04. The molecule has 3 aromatic rings. The number of aromatic nitrogens is 1. The topological polar surface area (TPSA) is 107 Å². The van der Waals surface area contributed by atoms with Crippen molar-refractivity contribution in [2.75, 3.05) is 28.4 Å². The third kappa shape index (κ3) is 5.67. The van der Waals surface area contributed by atoms with Crippen LogP contribution in [0.4, 0.5) is 0 Å². The van der Waals surface area contributed by atoms with Crippen LogP contribution in [0.25, 0.3) is 17.2 Å². The van der Waals surface area contributed by atoms with E-state index in [0.717, 1.165) is 0 Å². The van der Waals surface area contributed by atoms with Gasteiger partial charge in [-0.1, -0.05) is 18.2 Å². The molecule has 2 atom stereocenters. The summed E-state index contributed by atoms with van der Waals surface area (Å²) in [7, 11) is 6.01. The van der Waals surface area contributed by atoms with E-state index in [1.54, 1.807) is 35.9 Å². The van der Waals surface area contributed by atoms with Crippen LogP contribution in [-0.2, 0) is 25.3 Å². The molecule has 1 amide bonds. The van der Waals surface area contributed by atoms with Gasteiger partial charge in [-0.2, -0.15) is 4.57 Å². The number of carbonyl (C=O) groups excluding carboxylic acids is 1. The van der Waals surface area contributed by atoms with Crippen molar-refractivity contribution < 1.29 is 37.1 Å². The third-order valence-corrected chi connectivity index (χ3v) is 6.15. The summed E-state index contributed by atoms with van der Waals surface area (Å²) in [5, 5.41) is 1.30. The first-order valence-electron chi connectivity index (χ1n) is 10.9. The molecule has 190 valence electrons. The zero-order chi connectivity index (χ0) is 26.2. The fourth-order valence-electron chi connectivity index (χ4n) is 3.83. The average Bonchev–Trinajstić information content (AvgIpc) is 2.90. The third-order valence-electron chi connectivity index (χ3n) is 5.37. The standard InChI is InChI=1S/C26H28N2O7S/c1-17(29)27-26(36(30)31)20-15-21(28-13-9-6-10-14-28)23(33-3)16-19(20)25(35-5)24(34-4)18-11-7-8-12-22(18)32-2/h6-16,26H,1-5H3,(H-,27,29,30,31)/p+1. The number of benzene rings is 2. The van der Waals surface area contributed by atoms with E-state index in [1.807, 2.05) is 42.7 Å². The van der Waals surface area contributed by atoms with Crippen LogP contribution < -0.4 is 19.4 Å². The predicted octanol–water partition coefficient (Wildman–Crippen LogP) is 3.46. The molecule has 0 aliphatic carbocycles. The highest BCUT2D eigenvalue weighted by atomic mass is 32.2. The van der Waals surface area contributed by atoms with E-state index >= 15 is 0 Å². The van der Waals surface area contributed by atoms with Crippen molar-refractivity contribution >= 4 is 28.5 Å². The van der Waals surface area contributed by atoms with E-state index in [4.69, 9.17) is 18.9 Å². The number of amides is 1. The summed E-state index contributed by atoms with van der Waals surface area (Å²) in [6.45, 7) is 1.28. The molecule has 0 spiro atoms. The van der Waals surface area contributed by atoms with Crippen molar-refractivity contribution in [2.45, 2.75) is 12.3 Å². The Balaban J connectivity index is 2.43. The number of carbonyl (C=O) groups is 1. The van der Waals surface area contributed by atoms with Crippen LogP contribution in [0.1, 0.15) is 29.0 Å². The molecule has 9 nitrogen and oxygen atoms in total. The first-order valence-corrected chi connectivity index (χ1v) is 12.0. The number of ether oxygens (including phenoxy) is 4. The SMILES string of the molecule is COC(=C(OC)c1cc(OC)c(-[n+]2ccccc2)cc1C(NC(C)=O)S(=O)O)c1ccccc1OC. The number of methoxy groups -OCH3 is 4. The van der Waals surface area contributed by atoms with Crippen LogP contribution in [0.5, 0.6) is 11.5 Å². The Hall–Kier alpha value is -3.89. The Bertz CT molecular complexity index is 1280. The zero-order valence-corrected chi connectivity index (χ0v) is 21.5. The van der Waals surface area contributed by atoms with Crippen LogP contribution in [-0.4, -0.2) is 43.1 Å². The van der Waals surface area contributed by atoms with Gasteiger partial charge in [-0.15, -0.1) is 0 Å². The number of para-hydroxylation sites is 1. The Morgan fingerprint density at radius 2 is 1.50 bits per heavy atom. The highest BCUT2D eigenvalue weighted by molar-refractivity contribution is 7.79. The number of hydrogen-bond donors (Lipinski definition) is 2. The summed E-state index contributed by atoms with van der Waals surface area (Å²) in [5.74, 6) is 1.10. The smallest absolute Gasteiger partial charge is 0.253 e. The second-order valence-corrected chi connectivity index (χ2v) is 8.54. The zero-order valence-electron chi connectivity index (χ0n) is 20.7. The van der Waals surface area contributed by atoms with Crippen molar-refractivity contribution in [2.24, 2.45) is 0 Å².